The molecule has 0 saturated heterocycles. The van der Waals surface area contributed by atoms with Gasteiger partial charge in [0.05, 0.1) is 4.92 Å². The molecule has 9 heteroatoms. The molecule has 0 aliphatic rings. The third-order valence-electron chi connectivity index (χ3n) is 2.07. The molecule has 0 radical (unpaired) electrons. The number of nitro groups is 1. The lowest BCUT2D eigenvalue weighted by Gasteiger charge is -2.04. The number of carboxylic acid groups (broad SMARTS) is 1. The topological polar surface area (TPSA) is 111 Å². The summed E-state index contributed by atoms with van der Waals surface area (Å²) in [7, 11) is 0. The number of rotatable bonds is 3. The summed E-state index contributed by atoms with van der Waals surface area (Å²) in [6, 6.07) is 2.56. The Balaban J connectivity index is 2.57. The normalized spacial score (nSPS) is 10.3. The standard InChI is InChI=1S/C9H5ClN4O4/c10-7-2-1-6(9(15)16)8(12-7)13-4-5(3-11-13)14(17)18/h1-4H,(H,15,16). The molecule has 0 aliphatic carbocycles. The average Bonchev–Trinajstić information content (AvgIpc) is 2.77. The summed E-state index contributed by atoms with van der Waals surface area (Å²) in [5, 5.41) is 23.2. The van der Waals surface area contributed by atoms with Gasteiger partial charge in [0, 0.05) is 0 Å². The van der Waals surface area contributed by atoms with Gasteiger partial charge in [0.25, 0.3) is 0 Å². The molecule has 0 aliphatic heterocycles. The highest BCUT2D eigenvalue weighted by atomic mass is 35.5. The predicted molar refractivity (Wildman–Crippen MR) is 60.0 cm³/mol. The summed E-state index contributed by atoms with van der Waals surface area (Å²) in [5.41, 5.74) is -0.425. The Bertz CT molecular complexity index is 639. The number of pyridine rings is 1. The zero-order valence-electron chi connectivity index (χ0n) is 8.65. The van der Waals surface area contributed by atoms with Gasteiger partial charge < -0.3 is 5.11 Å². The highest BCUT2D eigenvalue weighted by Gasteiger charge is 2.17. The van der Waals surface area contributed by atoms with Gasteiger partial charge in [0.15, 0.2) is 5.82 Å². The van der Waals surface area contributed by atoms with E-state index in [0.29, 0.717) is 0 Å². The van der Waals surface area contributed by atoms with Crippen molar-refractivity contribution >= 4 is 23.3 Å². The van der Waals surface area contributed by atoms with Gasteiger partial charge in [-0.3, -0.25) is 10.1 Å². The molecule has 0 bridgehead atoms. The van der Waals surface area contributed by atoms with Crippen molar-refractivity contribution in [1.82, 2.24) is 14.8 Å². The first-order valence-corrected chi connectivity index (χ1v) is 4.96. The molecule has 8 nitrogen and oxygen atoms in total. The van der Waals surface area contributed by atoms with Crippen LogP contribution in [0, 0.1) is 10.1 Å². The van der Waals surface area contributed by atoms with Crippen molar-refractivity contribution in [3.63, 3.8) is 0 Å². The fourth-order valence-corrected chi connectivity index (χ4v) is 1.43. The second-order valence-corrected chi connectivity index (χ2v) is 3.60. The van der Waals surface area contributed by atoms with Crippen LogP contribution in [-0.4, -0.2) is 30.8 Å². The van der Waals surface area contributed by atoms with Crippen LogP contribution in [0.4, 0.5) is 5.69 Å². The predicted octanol–water partition coefficient (Wildman–Crippen LogP) is 1.53. The van der Waals surface area contributed by atoms with Crippen LogP contribution in [0.3, 0.4) is 0 Å². The molecule has 0 saturated carbocycles. The van der Waals surface area contributed by atoms with Gasteiger partial charge in [-0.15, -0.1) is 0 Å². The first kappa shape index (κ1) is 12.0. The molecule has 18 heavy (non-hydrogen) atoms. The van der Waals surface area contributed by atoms with E-state index in [4.69, 9.17) is 16.7 Å². The maximum Gasteiger partial charge on any atom is 0.339 e. The van der Waals surface area contributed by atoms with Crippen molar-refractivity contribution in [3.05, 3.63) is 45.4 Å². The van der Waals surface area contributed by atoms with Gasteiger partial charge in [-0.2, -0.15) is 5.10 Å². The third kappa shape index (κ3) is 2.13. The molecule has 0 aromatic carbocycles. The lowest BCUT2D eigenvalue weighted by molar-refractivity contribution is -0.384. The summed E-state index contributed by atoms with van der Waals surface area (Å²) >= 11 is 5.66. The number of carbonyl (C=O) groups is 1. The zero-order chi connectivity index (χ0) is 13.3. The van der Waals surface area contributed by atoms with E-state index >= 15 is 0 Å². The zero-order valence-corrected chi connectivity index (χ0v) is 9.40. The van der Waals surface area contributed by atoms with Gasteiger partial charge in [-0.25, -0.2) is 14.5 Å². The molecule has 0 amide bonds. The largest absolute Gasteiger partial charge is 0.478 e. The van der Waals surface area contributed by atoms with Gasteiger partial charge in [-0.05, 0) is 12.1 Å². The minimum absolute atomic E-state index is 0.0631. The van der Waals surface area contributed by atoms with Gasteiger partial charge in [-0.1, -0.05) is 11.6 Å². The molecular formula is C9H5ClN4O4. The molecule has 1 N–H and O–H groups in total. The quantitative estimate of drug-likeness (QED) is 0.513. The number of hydrogen-bond donors (Lipinski definition) is 1. The van der Waals surface area contributed by atoms with Crippen LogP contribution in [0.2, 0.25) is 5.15 Å². The highest BCUT2D eigenvalue weighted by Crippen LogP contribution is 2.18. The van der Waals surface area contributed by atoms with E-state index in [-0.39, 0.29) is 22.2 Å². The summed E-state index contributed by atoms with van der Waals surface area (Å²) in [4.78, 5) is 24.7. The Morgan fingerprint density at radius 1 is 1.50 bits per heavy atom. The van der Waals surface area contributed by atoms with E-state index in [1.165, 1.54) is 12.1 Å². The Hall–Kier alpha value is -2.48. The monoisotopic (exact) mass is 268 g/mol. The number of nitrogens with zero attached hydrogens (tertiary/aromatic N) is 4. The number of halogens is 1. The smallest absolute Gasteiger partial charge is 0.339 e. The molecule has 0 spiro atoms. The van der Waals surface area contributed by atoms with E-state index < -0.39 is 10.9 Å². The van der Waals surface area contributed by atoms with Crippen LogP contribution in [-0.2, 0) is 0 Å². The van der Waals surface area contributed by atoms with Crippen molar-refractivity contribution in [2.75, 3.05) is 0 Å². The maximum atomic E-state index is 11.0. The fourth-order valence-electron chi connectivity index (χ4n) is 1.29. The molecule has 92 valence electrons. The van der Waals surface area contributed by atoms with Crippen LogP contribution in [0.5, 0.6) is 0 Å². The first-order chi connectivity index (χ1) is 8.49. The lowest BCUT2D eigenvalue weighted by Crippen LogP contribution is -2.08. The van der Waals surface area contributed by atoms with Gasteiger partial charge in [0.1, 0.15) is 23.1 Å². The molecule has 2 aromatic rings. The average molecular weight is 269 g/mol. The molecule has 2 heterocycles. The minimum Gasteiger partial charge on any atom is -0.478 e. The lowest BCUT2D eigenvalue weighted by atomic mass is 10.2. The van der Waals surface area contributed by atoms with Crippen LogP contribution < -0.4 is 0 Å². The molecule has 2 aromatic heterocycles. The number of carboxylic acids is 1. The van der Waals surface area contributed by atoms with Crippen molar-refractivity contribution in [2.24, 2.45) is 0 Å². The third-order valence-corrected chi connectivity index (χ3v) is 2.28. The summed E-state index contributed by atoms with van der Waals surface area (Å²) in [5.74, 6) is -1.31. The van der Waals surface area contributed by atoms with E-state index in [1.807, 2.05) is 0 Å². The molecule has 0 unspecified atom stereocenters. The van der Waals surface area contributed by atoms with Gasteiger partial charge >= 0.3 is 11.7 Å². The first-order valence-electron chi connectivity index (χ1n) is 4.58. The molecule has 0 atom stereocenters. The molecular weight excluding hydrogens is 264 g/mol. The second kappa shape index (κ2) is 4.41. The Morgan fingerprint density at radius 2 is 2.22 bits per heavy atom. The highest BCUT2D eigenvalue weighted by molar-refractivity contribution is 6.29. The van der Waals surface area contributed by atoms with E-state index in [2.05, 4.69) is 10.1 Å². The summed E-state index contributed by atoms with van der Waals surface area (Å²) < 4.78 is 0.994. The van der Waals surface area contributed by atoms with E-state index in [9.17, 15) is 14.9 Å². The SMILES string of the molecule is O=C(O)c1ccc(Cl)nc1-n1cc([N+](=O)[O-])cn1. The number of hydrogen-bond acceptors (Lipinski definition) is 5. The summed E-state index contributed by atoms with van der Waals surface area (Å²) in [6.45, 7) is 0. The van der Waals surface area contributed by atoms with Crippen molar-refractivity contribution in [3.8, 4) is 5.82 Å². The van der Waals surface area contributed by atoms with Gasteiger partial charge in [0.2, 0.25) is 0 Å². The molecule has 2 rings (SSSR count). The van der Waals surface area contributed by atoms with Crippen molar-refractivity contribution in [1.29, 1.82) is 0 Å². The number of aromatic carboxylic acids is 1. The Morgan fingerprint density at radius 3 is 2.78 bits per heavy atom. The van der Waals surface area contributed by atoms with Crippen molar-refractivity contribution in [2.45, 2.75) is 0 Å². The number of aromatic nitrogens is 3. The maximum absolute atomic E-state index is 11.0. The Labute approximate surface area is 105 Å². The summed E-state index contributed by atoms with van der Waals surface area (Å²) in [6.07, 6.45) is 2.05. The van der Waals surface area contributed by atoms with Crippen LogP contribution in [0.1, 0.15) is 10.4 Å². The van der Waals surface area contributed by atoms with Crippen LogP contribution >= 0.6 is 11.6 Å². The molecule has 0 fully saturated rings. The Kier molecular flexibility index (Phi) is 2.94. The minimum atomic E-state index is -1.23. The van der Waals surface area contributed by atoms with E-state index in [0.717, 1.165) is 17.1 Å². The van der Waals surface area contributed by atoms with Crippen LogP contribution in [0.25, 0.3) is 5.82 Å². The van der Waals surface area contributed by atoms with Crippen molar-refractivity contribution < 1.29 is 14.8 Å². The second-order valence-electron chi connectivity index (χ2n) is 3.21. The fraction of sp³-hybridized carbons (Fsp3) is 0. The van der Waals surface area contributed by atoms with E-state index in [1.54, 1.807) is 0 Å². The van der Waals surface area contributed by atoms with Crippen LogP contribution in [0.15, 0.2) is 24.5 Å².